The highest BCUT2D eigenvalue weighted by atomic mass is 32.2. The number of aliphatic hydroxyl groups excluding tert-OH is 1. The predicted molar refractivity (Wildman–Crippen MR) is 138 cm³/mol. The Morgan fingerprint density at radius 2 is 1.69 bits per heavy atom. The summed E-state index contributed by atoms with van der Waals surface area (Å²) in [6, 6.07) is 6.51. The molecule has 36 heavy (non-hydrogen) atoms. The van der Waals surface area contributed by atoms with Gasteiger partial charge in [-0.3, -0.25) is 4.79 Å². The van der Waals surface area contributed by atoms with E-state index in [1.165, 1.54) is 4.31 Å². The van der Waals surface area contributed by atoms with E-state index in [1.807, 2.05) is 14.0 Å². The van der Waals surface area contributed by atoms with Crippen LogP contribution in [0, 0.1) is 0 Å². The number of hydrogen-bond donors (Lipinski definition) is 4. The lowest BCUT2D eigenvalue weighted by Gasteiger charge is -2.31. The summed E-state index contributed by atoms with van der Waals surface area (Å²) >= 11 is 0. The molecule has 1 amide bonds. The van der Waals surface area contributed by atoms with Gasteiger partial charge in [0.05, 0.1) is 16.7 Å². The number of sulfonamides is 1. The van der Waals surface area contributed by atoms with E-state index in [-0.39, 0.29) is 28.6 Å². The van der Waals surface area contributed by atoms with Crippen molar-refractivity contribution >= 4 is 33.3 Å². The second-order valence-electron chi connectivity index (χ2n) is 9.44. The Morgan fingerprint density at radius 3 is 2.28 bits per heavy atom. The Labute approximate surface area is 212 Å². The summed E-state index contributed by atoms with van der Waals surface area (Å²) in [6.45, 7) is 4.22. The molecule has 1 saturated carbocycles. The van der Waals surface area contributed by atoms with Crippen LogP contribution in [0.15, 0.2) is 29.2 Å². The minimum Gasteiger partial charge on any atom is -0.393 e. The summed E-state index contributed by atoms with van der Waals surface area (Å²) in [6.07, 6.45) is 3.37. The monoisotopic (exact) mass is 517 g/mol. The number of piperazine rings is 1. The van der Waals surface area contributed by atoms with Crippen LogP contribution in [0.3, 0.4) is 0 Å². The van der Waals surface area contributed by atoms with E-state index in [1.54, 1.807) is 24.3 Å². The number of hydrogen-bond acceptors (Lipinski definition) is 9. The number of nitrogens with one attached hydrogen (secondary N) is 2. The number of likely N-dealkylation sites (N-methyl/N-ethyl adjacent to an activating group) is 1. The highest BCUT2D eigenvalue weighted by Crippen LogP contribution is 2.27. The first kappa shape index (κ1) is 26.3. The zero-order valence-electron chi connectivity index (χ0n) is 20.8. The molecule has 2 aliphatic rings. The first-order chi connectivity index (χ1) is 17.2. The highest BCUT2D eigenvalue weighted by Gasteiger charge is 2.27. The third-order valence-electron chi connectivity index (χ3n) is 6.79. The summed E-state index contributed by atoms with van der Waals surface area (Å²) in [5, 5.41) is 16.3. The number of amides is 1. The number of aryl methyl sites for hydroxylation is 1. The van der Waals surface area contributed by atoms with Gasteiger partial charge in [-0.1, -0.05) is 6.92 Å². The lowest BCUT2D eigenvalue weighted by Crippen LogP contribution is -2.46. The van der Waals surface area contributed by atoms with E-state index in [0.29, 0.717) is 49.8 Å². The van der Waals surface area contributed by atoms with Crippen molar-refractivity contribution in [3.05, 3.63) is 35.7 Å². The molecule has 0 bridgehead atoms. The van der Waals surface area contributed by atoms with Gasteiger partial charge in [-0.25, -0.2) is 18.4 Å². The van der Waals surface area contributed by atoms with Gasteiger partial charge in [-0.05, 0) is 63.4 Å². The number of nitrogens with zero attached hydrogens (tertiary/aromatic N) is 4. The van der Waals surface area contributed by atoms with Crippen LogP contribution in [0.25, 0.3) is 0 Å². The zero-order valence-corrected chi connectivity index (χ0v) is 21.6. The van der Waals surface area contributed by atoms with Gasteiger partial charge in [-0.2, -0.15) is 4.31 Å². The van der Waals surface area contributed by atoms with Crippen LogP contribution in [-0.2, 0) is 16.4 Å². The van der Waals surface area contributed by atoms with E-state index in [2.05, 4.69) is 25.5 Å². The maximum atomic E-state index is 13.0. The van der Waals surface area contributed by atoms with Gasteiger partial charge in [-0.15, -0.1) is 0 Å². The van der Waals surface area contributed by atoms with Gasteiger partial charge >= 0.3 is 0 Å². The van der Waals surface area contributed by atoms with Crippen molar-refractivity contribution in [2.45, 2.75) is 56.1 Å². The molecule has 1 aliphatic carbocycles. The number of nitrogens with two attached hydrogens (primary N) is 1. The maximum Gasteiger partial charge on any atom is 0.271 e. The van der Waals surface area contributed by atoms with Crippen molar-refractivity contribution in [1.82, 2.24) is 19.2 Å². The fraction of sp³-hybridized carbons (Fsp3) is 0.542. The molecule has 1 aromatic heterocycles. The van der Waals surface area contributed by atoms with Gasteiger partial charge in [0, 0.05) is 37.9 Å². The Hall–Kier alpha value is -2.80. The maximum absolute atomic E-state index is 13.0. The lowest BCUT2D eigenvalue weighted by atomic mass is 9.93. The van der Waals surface area contributed by atoms with Crippen LogP contribution >= 0.6 is 0 Å². The minimum absolute atomic E-state index is 0.0191. The number of aliphatic hydroxyl groups is 1. The molecule has 5 N–H and O–H groups in total. The first-order valence-electron chi connectivity index (χ1n) is 12.4. The number of anilines is 3. The Bertz CT molecular complexity index is 1170. The normalized spacial score (nSPS) is 21.8. The van der Waals surface area contributed by atoms with Crippen LogP contribution in [0.2, 0.25) is 0 Å². The smallest absolute Gasteiger partial charge is 0.271 e. The molecule has 196 valence electrons. The van der Waals surface area contributed by atoms with E-state index in [0.717, 1.165) is 25.7 Å². The van der Waals surface area contributed by atoms with Gasteiger partial charge in [0.15, 0.2) is 11.5 Å². The number of rotatable bonds is 8. The standard InChI is InChI=1S/C24H35N7O4S/c1-3-20-23(26-16-4-8-18(32)9-5-16)29-24(21(28-20)22(25)33)27-17-6-10-19(11-7-17)36(34,35)31-14-12-30(2)13-15-31/h6-7,10-11,16,18,32H,3-5,8-9,12-15H2,1-2H3,(H2,25,33)(H2,26,27,29). The van der Waals surface area contributed by atoms with E-state index >= 15 is 0 Å². The van der Waals surface area contributed by atoms with Crippen molar-refractivity contribution in [2.75, 3.05) is 43.9 Å². The second-order valence-corrected chi connectivity index (χ2v) is 11.4. The molecule has 1 aliphatic heterocycles. The number of benzene rings is 1. The molecule has 1 aromatic carbocycles. The van der Waals surface area contributed by atoms with E-state index in [4.69, 9.17) is 5.73 Å². The van der Waals surface area contributed by atoms with Crippen LogP contribution in [0.1, 0.15) is 48.8 Å². The summed E-state index contributed by atoms with van der Waals surface area (Å²) < 4.78 is 27.5. The predicted octanol–water partition coefficient (Wildman–Crippen LogP) is 1.53. The molecular weight excluding hydrogens is 482 g/mol. The van der Waals surface area contributed by atoms with Crippen LogP contribution in [0.5, 0.6) is 0 Å². The Kier molecular flexibility index (Phi) is 8.08. The summed E-state index contributed by atoms with van der Waals surface area (Å²) in [4.78, 5) is 23.6. The third-order valence-corrected chi connectivity index (χ3v) is 8.70. The highest BCUT2D eigenvalue weighted by molar-refractivity contribution is 7.89. The molecule has 11 nitrogen and oxygen atoms in total. The Morgan fingerprint density at radius 1 is 1.06 bits per heavy atom. The number of carbonyl (C=O) groups excluding carboxylic acids is 1. The number of primary amides is 1. The van der Waals surface area contributed by atoms with Crippen molar-refractivity contribution in [3.63, 3.8) is 0 Å². The molecule has 2 aromatic rings. The van der Waals surface area contributed by atoms with Crippen LogP contribution in [0.4, 0.5) is 17.3 Å². The molecule has 0 spiro atoms. The number of carbonyl (C=O) groups is 1. The molecule has 2 heterocycles. The van der Waals surface area contributed by atoms with Gasteiger partial charge in [0.1, 0.15) is 5.82 Å². The third kappa shape index (κ3) is 5.94. The molecule has 12 heteroatoms. The first-order valence-corrected chi connectivity index (χ1v) is 13.8. The molecule has 2 fully saturated rings. The largest absolute Gasteiger partial charge is 0.393 e. The summed E-state index contributed by atoms with van der Waals surface area (Å²) in [5.41, 5.74) is 6.81. The molecule has 0 unspecified atom stereocenters. The zero-order chi connectivity index (χ0) is 25.9. The lowest BCUT2D eigenvalue weighted by molar-refractivity contribution is 0.0995. The molecule has 4 rings (SSSR count). The fourth-order valence-corrected chi connectivity index (χ4v) is 5.95. The van der Waals surface area contributed by atoms with Crippen molar-refractivity contribution in [3.8, 4) is 0 Å². The topological polar surface area (TPSA) is 154 Å². The fourth-order valence-electron chi connectivity index (χ4n) is 4.53. The number of aromatic nitrogens is 2. The van der Waals surface area contributed by atoms with Gasteiger partial charge in [0.2, 0.25) is 10.0 Å². The average molecular weight is 518 g/mol. The van der Waals surface area contributed by atoms with Crippen molar-refractivity contribution in [2.24, 2.45) is 5.73 Å². The van der Waals surface area contributed by atoms with Crippen molar-refractivity contribution < 1.29 is 18.3 Å². The van der Waals surface area contributed by atoms with Crippen molar-refractivity contribution in [1.29, 1.82) is 0 Å². The van der Waals surface area contributed by atoms with E-state index < -0.39 is 15.9 Å². The molecular formula is C24H35N7O4S. The minimum atomic E-state index is -3.58. The van der Waals surface area contributed by atoms with Gasteiger partial charge in [0.25, 0.3) is 5.91 Å². The van der Waals surface area contributed by atoms with Gasteiger partial charge < -0.3 is 26.4 Å². The average Bonchev–Trinajstić information content (AvgIpc) is 2.86. The van der Waals surface area contributed by atoms with Crippen LogP contribution < -0.4 is 16.4 Å². The summed E-state index contributed by atoms with van der Waals surface area (Å²) in [5.74, 6) is 0.0645. The van der Waals surface area contributed by atoms with E-state index in [9.17, 15) is 18.3 Å². The summed E-state index contributed by atoms with van der Waals surface area (Å²) in [7, 11) is -1.61. The SMILES string of the molecule is CCc1nc(C(N)=O)c(Nc2ccc(S(=O)(=O)N3CCN(C)CC3)cc2)nc1NC1CCC(O)CC1. The Balaban J connectivity index is 1.55. The van der Waals surface area contributed by atoms with Crippen LogP contribution in [-0.4, -0.2) is 84.0 Å². The molecule has 1 saturated heterocycles. The molecule has 0 atom stereocenters. The quantitative estimate of drug-likeness (QED) is 0.408. The molecule has 0 radical (unpaired) electrons. The second kappa shape index (κ2) is 11.1.